The number of likely N-dealkylation sites (N-methyl/N-ethyl adjacent to an activating group) is 1. The van der Waals surface area contributed by atoms with E-state index in [0.29, 0.717) is 0 Å². The van der Waals surface area contributed by atoms with Crippen LogP contribution in [0.2, 0.25) is 0 Å². The Morgan fingerprint density at radius 2 is 1.83 bits per heavy atom. The Morgan fingerprint density at radius 1 is 1.22 bits per heavy atom. The molecular formula is C15H27N3. The van der Waals surface area contributed by atoms with Crippen molar-refractivity contribution in [2.75, 3.05) is 32.7 Å². The number of rotatable bonds is 3. The summed E-state index contributed by atoms with van der Waals surface area (Å²) in [6, 6.07) is 10.6. The zero-order valence-corrected chi connectivity index (χ0v) is 11.7. The Hall–Kier alpha value is -0.900. The van der Waals surface area contributed by atoms with Gasteiger partial charge in [0.15, 0.2) is 0 Å². The molecular weight excluding hydrogens is 222 g/mol. The fourth-order valence-electron chi connectivity index (χ4n) is 2.01. The summed E-state index contributed by atoms with van der Waals surface area (Å²) >= 11 is 0. The van der Waals surface area contributed by atoms with Crippen molar-refractivity contribution in [2.24, 2.45) is 5.73 Å². The third-order valence-electron chi connectivity index (χ3n) is 3.06. The van der Waals surface area contributed by atoms with Crippen LogP contribution >= 0.6 is 0 Å². The third-order valence-corrected chi connectivity index (χ3v) is 3.06. The Kier molecular flexibility index (Phi) is 7.65. The van der Waals surface area contributed by atoms with E-state index in [1.807, 2.05) is 25.1 Å². The Bertz CT molecular complexity index is 292. The molecule has 1 aromatic rings. The number of hydrogen-bond donors (Lipinski definition) is 2. The van der Waals surface area contributed by atoms with Gasteiger partial charge in [-0.2, -0.15) is 0 Å². The second kappa shape index (κ2) is 9.09. The molecule has 1 heterocycles. The van der Waals surface area contributed by atoms with Crippen LogP contribution in [0.15, 0.2) is 30.3 Å². The van der Waals surface area contributed by atoms with Crippen LogP contribution in [0, 0.1) is 0 Å². The second-order valence-electron chi connectivity index (χ2n) is 4.85. The van der Waals surface area contributed by atoms with Gasteiger partial charge >= 0.3 is 0 Å². The van der Waals surface area contributed by atoms with Crippen molar-refractivity contribution < 1.29 is 0 Å². The van der Waals surface area contributed by atoms with Crippen molar-refractivity contribution in [3.63, 3.8) is 0 Å². The lowest BCUT2D eigenvalue weighted by Crippen LogP contribution is -2.43. The molecule has 1 fully saturated rings. The standard InChI is InChI=1S/C9H13N.C6H14N2/c1-8(10)7-9-5-3-2-4-6-9;1-2-8-5-3-7-4-6-8/h2-6,8H,7,10H2,1H3;7H,2-6H2,1H3. The van der Waals surface area contributed by atoms with Gasteiger partial charge in [-0.3, -0.25) is 0 Å². The van der Waals surface area contributed by atoms with Gasteiger partial charge in [0, 0.05) is 32.2 Å². The van der Waals surface area contributed by atoms with Gasteiger partial charge in [0.05, 0.1) is 0 Å². The fourth-order valence-corrected chi connectivity index (χ4v) is 2.01. The van der Waals surface area contributed by atoms with E-state index in [1.54, 1.807) is 0 Å². The number of nitrogens with one attached hydrogen (secondary N) is 1. The van der Waals surface area contributed by atoms with Crippen LogP contribution in [0.1, 0.15) is 19.4 Å². The summed E-state index contributed by atoms with van der Waals surface area (Å²) in [5.41, 5.74) is 6.94. The van der Waals surface area contributed by atoms with Crippen LogP contribution in [0.5, 0.6) is 0 Å². The average Bonchev–Trinajstić information content (AvgIpc) is 2.41. The van der Waals surface area contributed by atoms with Gasteiger partial charge in [0.1, 0.15) is 0 Å². The van der Waals surface area contributed by atoms with E-state index in [9.17, 15) is 0 Å². The monoisotopic (exact) mass is 249 g/mol. The molecule has 1 saturated heterocycles. The molecule has 0 amide bonds. The fraction of sp³-hybridized carbons (Fsp3) is 0.600. The van der Waals surface area contributed by atoms with Crippen molar-refractivity contribution in [3.8, 4) is 0 Å². The minimum atomic E-state index is 0.266. The first-order valence-corrected chi connectivity index (χ1v) is 6.95. The van der Waals surface area contributed by atoms with Gasteiger partial charge in [0.25, 0.3) is 0 Å². The zero-order chi connectivity index (χ0) is 13.2. The predicted octanol–water partition coefficient (Wildman–Crippen LogP) is 1.49. The maximum Gasteiger partial charge on any atom is 0.0107 e. The van der Waals surface area contributed by atoms with Crippen molar-refractivity contribution in [1.82, 2.24) is 10.2 Å². The van der Waals surface area contributed by atoms with Gasteiger partial charge < -0.3 is 16.0 Å². The molecule has 0 aromatic heterocycles. The summed E-state index contributed by atoms with van der Waals surface area (Å²) in [6.07, 6.45) is 0.973. The molecule has 1 unspecified atom stereocenters. The van der Waals surface area contributed by atoms with Crippen LogP contribution in [0.25, 0.3) is 0 Å². The largest absolute Gasteiger partial charge is 0.328 e. The normalized spacial score (nSPS) is 17.7. The average molecular weight is 249 g/mol. The number of nitrogens with two attached hydrogens (primary N) is 1. The van der Waals surface area contributed by atoms with E-state index in [1.165, 1.54) is 38.3 Å². The first-order valence-electron chi connectivity index (χ1n) is 6.95. The van der Waals surface area contributed by atoms with E-state index in [4.69, 9.17) is 5.73 Å². The minimum Gasteiger partial charge on any atom is -0.328 e. The molecule has 2 rings (SSSR count). The van der Waals surface area contributed by atoms with E-state index in [0.717, 1.165) is 6.42 Å². The molecule has 0 spiro atoms. The molecule has 3 nitrogen and oxygen atoms in total. The lowest BCUT2D eigenvalue weighted by atomic mass is 10.1. The van der Waals surface area contributed by atoms with Crippen LogP contribution in [-0.2, 0) is 6.42 Å². The molecule has 1 aliphatic heterocycles. The number of benzene rings is 1. The lowest BCUT2D eigenvalue weighted by Gasteiger charge is -2.25. The Balaban J connectivity index is 0.000000184. The summed E-state index contributed by atoms with van der Waals surface area (Å²) in [5.74, 6) is 0. The minimum absolute atomic E-state index is 0.266. The summed E-state index contributed by atoms with van der Waals surface area (Å²) in [5, 5.41) is 3.31. The highest BCUT2D eigenvalue weighted by Gasteiger charge is 2.04. The molecule has 3 heteroatoms. The van der Waals surface area contributed by atoms with Gasteiger partial charge in [-0.15, -0.1) is 0 Å². The van der Waals surface area contributed by atoms with Crippen molar-refractivity contribution in [3.05, 3.63) is 35.9 Å². The van der Waals surface area contributed by atoms with E-state index >= 15 is 0 Å². The number of hydrogen-bond acceptors (Lipinski definition) is 3. The summed E-state index contributed by atoms with van der Waals surface area (Å²) in [6.45, 7) is 10.3. The maximum absolute atomic E-state index is 5.62. The highest BCUT2D eigenvalue weighted by molar-refractivity contribution is 5.15. The molecule has 0 saturated carbocycles. The van der Waals surface area contributed by atoms with E-state index < -0.39 is 0 Å². The van der Waals surface area contributed by atoms with Crippen LogP contribution in [0.4, 0.5) is 0 Å². The highest BCUT2D eigenvalue weighted by atomic mass is 15.2. The molecule has 3 N–H and O–H groups in total. The SMILES string of the molecule is CC(N)Cc1ccccc1.CCN1CCNCC1. The smallest absolute Gasteiger partial charge is 0.0107 e. The Labute approximate surface area is 111 Å². The highest BCUT2D eigenvalue weighted by Crippen LogP contribution is 2.00. The first-order chi connectivity index (χ1) is 8.72. The molecule has 1 aromatic carbocycles. The Morgan fingerprint density at radius 3 is 2.28 bits per heavy atom. The molecule has 102 valence electrons. The van der Waals surface area contributed by atoms with Crippen molar-refractivity contribution in [2.45, 2.75) is 26.3 Å². The summed E-state index contributed by atoms with van der Waals surface area (Å²) < 4.78 is 0. The van der Waals surface area contributed by atoms with Gasteiger partial charge in [-0.25, -0.2) is 0 Å². The number of piperazine rings is 1. The maximum atomic E-state index is 5.62. The van der Waals surface area contributed by atoms with E-state index in [-0.39, 0.29) is 6.04 Å². The van der Waals surface area contributed by atoms with Gasteiger partial charge in [0.2, 0.25) is 0 Å². The second-order valence-corrected chi connectivity index (χ2v) is 4.85. The summed E-state index contributed by atoms with van der Waals surface area (Å²) in [4.78, 5) is 2.45. The molecule has 1 atom stereocenters. The van der Waals surface area contributed by atoms with Crippen molar-refractivity contribution >= 4 is 0 Å². The zero-order valence-electron chi connectivity index (χ0n) is 11.7. The van der Waals surface area contributed by atoms with Crippen molar-refractivity contribution in [1.29, 1.82) is 0 Å². The van der Waals surface area contributed by atoms with Gasteiger partial charge in [-0.05, 0) is 25.5 Å². The third kappa shape index (κ3) is 6.74. The van der Waals surface area contributed by atoms with Crippen LogP contribution in [-0.4, -0.2) is 43.7 Å². The van der Waals surface area contributed by atoms with E-state index in [2.05, 4.69) is 29.3 Å². The topological polar surface area (TPSA) is 41.3 Å². The number of nitrogens with zero attached hydrogens (tertiary/aromatic N) is 1. The molecule has 0 aliphatic carbocycles. The lowest BCUT2D eigenvalue weighted by molar-refractivity contribution is 0.253. The van der Waals surface area contributed by atoms with Crippen LogP contribution in [0.3, 0.4) is 0 Å². The predicted molar refractivity (Wildman–Crippen MR) is 78.8 cm³/mol. The first kappa shape index (κ1) is 15.2. The molecule has 0 radical (unpaired) electrons. The molecule has 18 heavy (non-hydrogen) atoms. The molecule has 0 bridgehead atoms. The quantitative estimate of drug-likeness (QED) is 0.853. The van der Waals surface area contributed by atoms with Gasteiger partial charge in [-0.1, -0.05) is 37.3 Å². The van der Waals surface area contributed by atoms with Crippen LogP contribution < -0.4 is 11.1 Å². The summed E-state index contributed by atoms with van der Waals surface area (Å²) in [7, 11) is 0. The molecule has 1 aliphatic rings.